The van der Waals surface area contributed by atoms with Gasteiger partial charge in [0.05, 0.1) is 4.47 Å². The molecule has 196 valence electrons. The largest absolute Gasteiger partial charge is 0.483 e. The molecule has 2 amide bonds. The lowest BCUT2D eigenvalue weighted by molar-refractivity contribution is -0.142. The van der Waals surface area contributed by atoms with E-state index >= 15 is 0 Å². The fraction of sp³-hybridized carbons (Fsp3) is 0.310. The molecule has 0 fully saturated rings. The van der Waals surface area contributed by atoms with E-state index < -0.39 is 6.04 Å². The van der Waals surface area contributed by atoms with Crippen LogP contribution in [0.5, 0.6) is 5.75 Å². The second-order valence-corrected chi connectivity index (χ2v) is 10.6. The number of benzene rings is 3. The van der Waals surface area contributed by atoms with E-state index in [1.54, 1.807) is 18.2 Å². The van der Waals surface area contributed by atoms with Crippen LogP contribution in [0.15, 0.2) is 71.2 Å². The van der Waals surface area contributed by atoms with Crippen molar-refractivity contribution in [2.75, 3.05) is 13.2 Å². The minimum Gasteiger partial charge on any atom is -0.483 e. The van der Waals surface area contributed by atoms with E-state index in [-0.39, 0.29) is 25.0 Å². The van der Waals surface area contributed by atoms with Crippen molar-refractivity contribution < 1.29 is 14.3 Å². The molecule has 0 unspecified atom stereocenters. The highest BCUT2D eigenvalue weighted by molar-refractivity contribution is 9.10. The standard InChI is InChI=1S/C29H31BrCl2N2O3/c1-4-33-29(36)26(15-20-9-6-5-7-10-20)34(17-22-24(31)11-8-12-25(22)32)28(35)18-37-27-14-13-21(19(2)3)16-23(27)30/h5-14,16,19,26H,4,15,17-18H2,1-3H3,(H,33,36)/t26-/m0/s1. The molecule has 0 heterocycles. The van der Waals surface area contributed by atoms with E-state index in [1.165, 1.54) is 4.90 Å². The molecule has 3 aromatic carbocycles. The fourth-order valence-corrected chi connectivity index (χ4v) is 4.94. The molecular formula is C29H31BrCl2N2O3. The summed E-state index contributed by atoms with van der Waals surface area (Å²) in [5, 5.41) is 3.72. The van der Waals surface area contributed by atoms with Crippen molar-refractivity contribution in [3.63, 3.8) is 0 Å². The Morgan fingerprint density at radius 2 is 1.68 bits per heavy atom. The molecule has 0 aromatic heterocycles. The Hall–Kier alpha value is -2.54. The number of amides is 2. The molecule has 37 heavy (non-hydrogen) atoms. The van der Waals surface area contributed by atoms with Gasteiger partial charge in [0, 0.05) is 35.1 Å². The summed E-state index contributed by atoms with van der Waals surface area (Å²) in [5.74, 6) is 0.290. The smallest absolute Gasteiger partial charge is 0.261 e. The zero-order valence-electron chi connectivity index (χ0n) is 21.1. The minimum atomic E-state index is -0.794. The number of hydrogen-bond acceptors (Lipinski definition) is 3. The molecule has 1 N–H and O–H groups in total. The average molecular weight is 606 g/mol. The molecule has 0 spiro atoms. The monoisotopic (exact) mass is 604 g/mol. The van der Waals surface area contributed by atoms with Crippen LogP contribution in [0, 0.1) is 0 Å². The second kappa shape index (κ2) is 13.8. The highest BCUT2D eigenvalue weighted by Crippen LogP contribution is 2.30. The maximum absolute atomic E-state index is 13.7. The van der Waals surface area contributed by atoms with Crippen molar-refractivity contribution in [3.8, 4) is 5.75 Å². The normalized spacial score (nSPS) is 11.8. The van der Waals surface area contributed by atoms with Gasteiger partial charge in [0.15, 0.2) is 6.61 Å². The molecule has 0 bridgehead atoms. The summed E-state index contributed by atoms with van der Waals surface area (Å²) in [7, 11) is 0. The molecule has 8 heteroatoms. The van der Waals surface area contributed by atoms with Crippen molar-refractivity contribution in [1.29, 1.82) is 0 Å². The maximum Gasteiger partial charge on any atom is 0.261 e. The van der Waals surface area contributed by atoms with Crippen molar-refractivity contribution in [1.82, 2.24) is 10.2 Å². The molecule has 3 rings (SSSR count). The van der Waals surface area contributed by atoms with Gasteiger partial charge in [-0.2, -0.15) is 0 Å². The third kappa shape index (κ3) is 7.97. The average Bonchev–Trinajstić information content (AvgIpc) is 2.87. The molecular weight excluding hydrogens is 575 g/mol. The van der Waals surface area contributed by atoms with Crippen molar-refractivity contribution in [2.45, 2.75) is 45.7 Å². The van der Waals surface area contributed by atoms with Gasteiger partial charge in [-0.3, -0.25) is 9.59 Å². The van der Waals surface area contributed by atoms with Crippen molar-refractivity contribution in [3.05, 3.63) is 97.9 Å². The number of hydrogen-bond donors (Lipinski definition) is 1. The van der Waals surface area contributed by atoms with Gasteiger partial charge in [0.1, 0.15) is 11.8 Å². The molecule has 0 aliphatic carbocycles. The van der Waals surface area contributed by atoms with E-state index in [0.717, 1.165) is 15.6 Å². The minimum absolute atomic E-state index is 0.0583. The van der Waals surface area contributed by atoms with Gasteiger partial charge in [0.25, 0.3) is 5.91 Å². The van der Waals surface area contributed by atoms with Gasteiger partial charge in [0.2, 0.25) is 5.91 Å². The Morgan fingerprint density at radius 1 is 1.00 bits per heavy atom. The first kappa shape index (κ1) is 29.0. The number of likely N-dealkylation sites (N-methyl/N-ethyl adjacent to an activating group) is 1. The first-order valence-corrected chi connectivity index (χ1v) is 13.7. The van der Waals surface area contributed by atoms with E-state index in [2.05, 4.69) is 35.1 Å². The van der Waals surface area contributed by atoms with Crippen molar-refractivity contribution in [2.24, 2.45) is 0 Å². The van der Waals surface area contributed by atoms with Gasteiger partial charge in [-0.15, -0.1) is 0 Å². The van der Waals surface area contributed by atoms with Crippen LogP contribution in [0.3, 0.4) is 0 Å². The number of carbonyl (C=O) groups is 2. The quantitative estimate of drug-likeness (QED) is 0.255. The summed E-state index contributed by atoms with van der Waals surface area (Å²) in [4.78, 5) is 28.5. The summed E-state index contributed by atoms with van der Waals surface area (Å²) in [5.41, 5.74) is 2.65. The number of ether oxygens (including phenoxy) is 1. The van der Waals surface area contributed by atoms with Gasteiger partial charge in [-0.05, 0) is 64.2 Å². The number of nitrogens with zero attached hydrogens (tertiary/aromatic N) is 1. The molecule has 3 aromatic rings. The number of carbonyl (C=O) groups excluding carboxylic acids is 2. The molecule has 0 saturated heterocycles. The number of halogens is 3. The number of rotatable bonds is 11. The molecule has 1 atom stereocenters. The highest BCUT2D eigenvalue weighted by atomic mass is 79.9. The SMILES string of the molecule is CCNC(=O)[C@H](Cc1ccccc1)N(Cc1c(Cl)cccc1Cl)C(=O)COc1ccc(C(C)C)cc1Br. The Balaban J connectivity index is 1.93. The molecule has 0 aliphatic rings. The van der Waals surface area contributed by atoms with E-state index in [4.69, 9.17) is 27.9 Å². The van der Waals surface area contributed by atoms with E-state index in [0.29, 0.717) is 40.2 Å². The maximum atomic E-state index is 13.7. The van der Waals surface area contributed by atoms with Crippen LogP contribution in [-0.2, 0) is 22.6 Å². The van der Waals surface area contributed by atoms with Crippen LogP contribution in [-0.4, -0.2) is 35.9 Å². The number of nitrogens with one attached hydrogen (secondary N) is 1. The van der Waals surface area contributed by atoms with Crippen LogP contribution < -0.4 is 10.1 Å². The first-order valence-electron chi connectivity index (χ1n) is 12.2. The van der Waals surface area contributed by atoms with Crippen LogP contribution in [0.2, 0.25) is 10.0 Å². The van der Waals surface area contributed by atoms with E-state index in [9.17, 15) is 9.59 Å². The predicted molar refractivity (Wildman–Crippen MR) is 153 cm³/mol. The first-order chi connectivity index (χ1) is 17.7. The second-order valence-electron chi connectivity index (χ2n) is 8.96. The Bertz CT molecular complexity index is 1200. The summed E-state index contributed by atoms with van der Waals surface area (Å²) in [6.07, 6.45) is 0.327. The summed E-state index contributed by atoms with van der Waals surface area (Å²) >= 11 is 16.5. The molecule has 0 saturated carbocycles. The van der Waals surface area contributed by atoms with Gasteiger partial charge < -0.3 is 15.0 Å². The molecule has 5 nitrogen and oxygen atoms in total. The Kier molecular flexibility index (Phi) is 10.9. The topological polar surface area (TPSA) is 58.6 Å². The Morgan fingerprint density at radius 3 is 2.27 bits per heavy atom. The highest BCUT2D eigenvalue weighted by Gasteiger charge is 2.31. The Labute approximate surface area is 237 Å². The predicted octanol–water partition coefficient (Wildman–Crippen LogP) is 7.03. The lowest BCUT2D eigenvalue weighted by atomic mass is 10.0. The third-order valence-electron chi connectivity index (χ3n) is 5.99. The molecule has 0 aliphatic heterocycles. The zero-order valence-corrected chi connectivity index (χ0v) is 24.2. The summed E-state index contributed by atoms with van der Waals surface area (Å²) in [6.45, 7) is 6.30. The van der Waals surface area contributed by atoms with E-state index in [1.807, 2.05) is 55.5 Å². The van der Waals surface area contributed by atoms with Gasteiger partial charge in [-0.1, -0.05) is 79.5 Å². The lowest BCUT2D eigenvalue weighted by Crippen LogP contribution is -2.51. The third-order valence-corrected chi connectivity index (χ3v) is 7.31. The van der Waals surface area contributed by atoms with Crippen LogP contribution in [0.4, 0.5) is 0 Å². The van der Waals surface area contributed by atoms with Crippen molar-refractivity contribution >= 4 is 50.9 Å². The van der Waals surface area contributed by atoms with Gasteiger partial charge in [-0.25, -0.2) is 0 Å². The lowest BCUT2D eigenvalue weighted by Gasteiger charge is -2.32. The van der Waals surface area contributed by atoms with Gasteiger partial charge >= 0.3 is 0 Å². The zero-order chi connectivity index (χ0) is 26.9. The molecule has 0 radical (unpaired) electrons. The fourth-order valence-electron chi connectivity index (χ4n) is 3.92. The van der Waals surface area contributed by atoms with Crippen LogP contribution in [0.1, 0.15) is 43.4 Å². The summed E-state index contributed by atoms with van der Waals surface area (Å²) in [6, 6.07) is 19.8. The van der Waals surface area contributed by atoms with Crippen LogP contribution in [0.25, 0.3) is 0 Å². The summed E-state index contributed by atoms with van der Waals surface area (Å²) < 4.78 is 6.68. The van der Waals surface area contributed by atoms with Crippen LogP contribution >= 0.6 is 39.1 Å².